The average Bonchev–Trinajstić information content (AvgIpc) is 2.94. The maximum Gasteiger partial charge on any atom is 0.340 e. The molecular formula is C23H28N4O4. The lowest BCUT2D eigenvalue weighted by atomic mass is 9.94. The van der Waals surface area contributed by atoms with Crippen molar-refractivity contribution in [3.8, 4) is 11.5 Å². The summed E-state index contributed by atoms with van der Waals surface area (Å²) in [6.07, 6.45) is 0.633. The predicted octanol–water partition coefficient (Wildman–Crippen LogP) is 2.74. The molecule has 0 aliphatic carbocycles. The summed E-state index contributed by atoms with van der Waals surface area (Å²) in [6, 6.07) is 11.2. The topological polar surface area (TPSA) is 89.6 Å². The lowest BCUT2D eigenvalue weighted by molar-refractivity contribution is 0.0403. The van der Waals surface area contributed by atoms with Crippen LogP contribution in [0.3, 0.4) is 0 Å². The Bertz CT molecular complexity index is 984. The third-order valence-electron chi connectivity index (χ3n) is 5.67. The molecule has 4 rings (SSSR count). The van der Waals surface area contributed by atoms with Crippen molar-refractivity contribution in [3.63, 3.8) is 0 Å². The molecule has 2 amide bonds. The van der Waals surface area contributed by atoms with Gasteiger partial charge in [0.2, 0.25) is 0 Å². The van der Waals surface area contributed by atoms with Gasteiger partial charge >= 0.3 is 6.03 Å². The number of fused-ring (bicyclic) bond motifs is 1. The molecule has 1 saturated heterocycles. The number of hydrogen-bond donors (Lipinski definition) is 1. The van der Waals surface area contributed by atoms with E-state index in [1.54, 1.807) is 24.1 Å². The van der Waals surface area contributed by atoms with Gasteiger partial charge in [-0.25, -0.2) is 9.80 Å². The second-order valence-corrected chi connectivity index (χ2v) is 7.71. The van der Waals surface area contributed by atoms with Gasteiger partial charge in [0.05, 0.1) is 39.2 Å². The van der Waals surface area contributed by atoms with Crippen LogP contribution in [0.25, 0.3) is 0 Å². The van der Waals surface area contributed by atoms with Crippen LogP contribution in [0.2, 0.25) is 0 Å². The van der Waals surface area contributed by atoms with Crippen molar-refractivity contribution in [3.05, 3.63) is 53.1 Å². The molecule has 8 heteroatoms. The molecule has 2 aliphatic rings. The molecular weight excluding hydrogens is 396 g/mol. The normalized spacial score (nSPS) is 18.7. The highest BCUT2D eigenvalue weighted by atomic mass is 16.5. The minimum Gasteiger partial charge on any atom is -0.493 e. The van der Waals surface area contributed by atoms with Crippen molar-refractivity contribution >= 4 is 17.4 Å². The zero-order chi connectivity index (χ0) is 22.0. The van der Waals surface area contributed by atoms with Crippen LogP contribution in [0, 0.1) is 0 Å². The molecule has 2 aliphatic heterocycles. The minimum atomic E-state index is -0.140. The number of nitrogens with zero attached hydrogens (tertiary/aromatic N) is 3. The molecule has 2 aromatic carbocycles. The fraction of sp³-hybridized carbons (Fsp3) is 0.391. The van der Waals surface area contributed by atoms with Crippen LogP contribution >= 0.6 is 0 Å². The molecule has 8 nitrogen and oxygen atoms in total. The average molecular weight is 425 g/mol. The van der Waals surface area contributed by atoms with Gasteiger partial charge in [-0.15, -0.1) is 0 Å². The molecule has 2 N–H and O–H groups in total. The van der Waals surface area contributed by atoms with Gasteiger partial charge in [0, 0.05) is 29.9 Å². The quantitative estimate of drug-likeness (QED) is 0.766. The van der Waals surface area contributed by atoms with E-state index < -0.39 is 0 Å². The van der Waals surface area contributed by atoms with Gasteiger partial charge in [-0.1, -0.05) is 12.1 Å². The summed E-state index contributed by atoms with van der Waals surface area (Å²) < 4.78 is 16.5. The molecule has 1 atom stereocenters. The molecule has 2 aromatic rings. The minimum absolute atomic E-state index is 0.115. The van der Waals surface area contributed by atoms with Crippen molar-refractivity contribution in [1.82, 2.24) is 9.91 Å². The van der Waals surface area contributed by atoms with Gasteiger partial charge in [0.25, 0.3) is 0 Å². The van der Waals surface area contributed by atoms with Gasteiger partial charge in [-0.05, 0) is 43.2 Å². The fourth-order valence-electron chi connectivity index (χ4n) is 3.96. The second-order valence-electron chi connectivity index (χ2n) is 7.71. The van der Waals surface area contributed by atoms with Crippen molar-refractivity contribution < 1.29 is 19.0 Å². The molecule has 31 heavy (non-hydrogen) atoms. The maximum atomic E-state index is 13.4. The number of carbonyl (C=O) groups excluding carboxylic acids is 1. The van der Waals surface area contributed by atoms with E-state index in [0.29, 0.717) is 55.6 Å². The number of benzene rings is 2. The summed E-state index contributed by atoms with van der Waals surface area (Å²) in [5, 5.41) is 6.48. The first-order valence-corrected chi connectivity index (χ1v) is 10.4. The van der Waals surface area contributed by atoms with Gasteiger partial charge < -0.3 is 24.8 Å². The molecule has 0 radical (unpaired) electrons. The number of nitrogens with two attached hydrogens (primary N) is 1. The van der Waals surface area contributed by atoms with E-state index in [1.165, 1.54) is 0 Å². The highest BCUT2D eigenvalue weighted by molar-refractivity contribution is 6.14. The molecule has 1 unspecified atom stereocenters. The Kier molecular flexibility index (Phi) is 5.99. The summed E-state index contributed by atoms with van der Waals surface area (Å²) >= 11 is 0. The van der Waals surface area contributed by atoms with Gasteiger partial charge in [-0.3, -0.25) is 0 Å². The predicted molar refractivity (Wildman–Crippen MR) is 119 cm³/mol. The number of urea groups is 1. The summed E-state index contributed by atoms with van der Waals surface area (Å²) in [5.74, 6) is 1.27. The molecule has 0 aromatic heterocycles. The van der Waals surface area contributed by atoms with Gasteiger partial charge in [0.1, 0.15) is 0 Å². The third kappa shape index (κ3) is 4.16. The first-order chi connectivity index (χ1) is 15.0. The standard InChI is InChI=1S/C23H28N4O4/c1-15-12-17-13-20(29-2)21(30-3)14-19(17)22(16-4-6-18(24)7-5-16)25-27(15)23(28)26-8-10-31-11-9-26/h4-7,13-15H,8-12,24H2,1-3H3. The fourth-order valence-corrected chi connectivity index (χ4v) is 3.96. The van der Waals surface area contributed by atoms with E-state index in [4.69, 9.17) is 25.0 Å². The van der Waals surface area contributed by atoms with Crippen molar-refractivity contribution in [2.45, 2.75) is 19.4 Å². The highest BCUT2D eigenvalue weighted by Crippen LogP contribution is 2.35. The summed E-state index contributed by atoms with van der Waals surface area (Å²) in [7, 11) is 3.23. The van der Waals surface area contributed by atoms with E-state index in [2.05, 4.69) is 0 Å². The van der Waals surface area contributed by atoms with Crippen molar-refractivity contribution in [1.29, 1.82) is 0 Å². The lowest BCUT2D eigenvalue weighted by Crippen LogP contribution is -2.49. The largest absolute Gasteiger partial charge is 0.493 e. The van der Waals surface area contributed by atoms with E-state index in [0.717, 1.165) is 16.7 Å². The third-order valence-corrected chi connectivity index (χ3v) is 5.67. The zero-order valence-electron chi connectivity index (χ0n) is 18.1. The summed E-state index contributed by atoms with van der Waals surface area (Å²) in [6.45, 7) is 4.20. The smallest absolute Gasteiger partial charge is 0.340 e. The van der Waals surface area contributed by atoms with Crippen molar-refractivity contribution in [2.75, 3.05) is 46.3 Å². The molecule has 0 saturated carbocycles. The van der Waals surface area contributed by atoms with Gasteiger partial charge in [0.15, 0.2) is 11.5 Å². The van der Waals surface area contributed by atoms with Crippen molar-refractivity contribution in [2.24, 2.45) is 5.10 Å². The van der Waals surface area contributed by atoms with E-state index in [1.807, 2.05) is 43.3 Å². The van der Waals surface area contributed by atoms with Crippen LogP contribution in [0.15, 0.2) is 41.5 Å². The number of methoxy groups -OCH3 is 2. The van der Waals surface area contributed by atoms with E-state index in [9.17, 15) is 4.79 Å². The highest BCUT2D eigenvalue weighted by Gasteiger charge is 2.31. The number of carbonyl (C=O) groups is 1. The SMILES string of the molecule is COc1cc2c(cc1OC)C(c1ccc(N)cc1)=NN(C(=O)N1CCOCC1)C(C)C2. The lowest BCUT2D eigenvalue weighted by Gasteiger charge is -2.33. The number of hydrazone groups is 1. The number of amides is 2. The number of nitrogen functional groups attached to an aromatic ring is 1. The monoisotopic (exact) mass is 424 g/mol. The Morgan fingerprint density at radius 3 is 2.39 bits per heavy atom. The Morgan fingerprint density at radius 1 is 1.10 bits per heavy atom. The van der Waals surface area contributed by atoms with Crippen LogP contribution < -0.4 is 15.2 Å². The zero-order valence-corrected chi connectivity index (χ0v) is 18.1. The first kappa shape index (κ1) is 21.0. The van der Waals surface area contributed by atoms with Crippen LogP contribution in [0.5, 0.6) is 11.5 Å². The molecule has 2 heterocycles. The van der Waals surface area contributed by atoms with E-state index in [-0.39, 0.29) is 12.1 Å². The van der Waals surface area contributed by atoms with Gasteiger partial charge in [-0.2, -0.15) is 5.10 Å². The Balaban J connectivity index is 1.84. The Morgan fingerprint density at radius 2 is 1.74 bits per heavy atom. The first-order valence-electron chi connectivity index (χ1n) is 10.4. The summed E-state index contributed by atoms with van der Waals surface area (Å²) in [5.41, 5.74) is 10.1. The van der Waals surface area contributed by atoms with Crippen LogP contribution in [-0.2, 0) is 11.2 Å². The molecule has 0 bridgehead atoms. The molecule has 1 fully saturated rings. The number of anilines is 1. The Hall–Kier alpha value is -3.26. The molecule has 164 valence electrons. The van der Waals surface area contributed by atoms with Crippen LogP contribution in [0.4, 0.5) is 10.5 Å². The summed E-state index contributed by atoms with van der Waals surface area (Å²) in [4.78, 5) is 15.2. The van der Waals surface area contributed by atoms with Crippen LogP contribution in [0.1, 0.15) is 23.6 Å². The second kappa shape index (κ2) is 8.85. The number of hydrogen-bond acceptors (Lipinski definition) is 6. The number of rotatable bonds is 3. The maximum absolute atomic E-state index is 13.4. The number of ether oxygens (including phenoxy) is 3. The molecule has 0 spiro atoms. The Labute approximate surface area is 182 Å². The van der Waals surface area contributed by atoms with Crippen LogP contribution in [-0.4, -0.2) is 68.2 Å². The number of morpholine rings is 1. The van der Waals surface area contributed by atoms with E-state index >= 15 is 0 Å².